The second kappa shape index (κ2) is 7.86. The van der Waals surface area contributed by atoms with E-state index in [1.54, 1.807) is 31.2 Å². The van der Waals surface area contributed by atoms with Gasteiger partial charge >= 0.3 is 0 Å². The Bertz CT molecular complexity index is 1300. The Morgan fingerprint density at radius 3 is 2.90 bits per heavy atom. The number of nitrogens with two attached hydrogens (primary N) is 1. The average molecular weight is 423 g/mol. The fourth-order valence-corrected chi connectivity index (χ4v) is 2.64. The maximum atomic E-state index is 12.3. The summed E-state index contributed by atoms with van der Waals surface area (Å²) in [5.41, 5.74) is 8.75. The fourth-order valence-electron chi connectivity index (χ4n) is 2.64. The number of carbonyl (C=O) groups is 1. The highest BCUT2D eigenvalue weighted by Gasteiger charge is 2.20. The molecule has 0 atom stereocenters. The maximum absolute atomic E-state index is 12.3. The zero-order valence-electron chi connectivity index (χ0n) is 15.8. The van der Waals surface area contributed by atoms with Gasteiger partial charge in [-0.3, -0.25) is 14.9 Å². The molecule has 0 spiro atoms. The fraction of sp³-hybridized carbons (Fsp3) is 0.0588. The van der Waals surface area contributed by atoms with E-state index in [2.05, 4.69) is 35.8 Å². The van der Waals surface area contributed by atoms with E-state index in [0.29, 0.717) is 22.8 Å². The molecule has 0 saturated heterocycles. The van der Waals surface area contributed by atoms with Crippen molar-refractivity contribution in [3.05, 3.63) is 63.7 Å². The van der Waals surface area contributed by atoms with E-state index in [9.17, 15) is 14.9 Å². The summed E-state index contributed by atoms with van der Waals surface area (Å²) in [6.45, 7) is 1.59. The lowest BCUT2D eigenvalue weighted by Crippen LogP contribution is -2.19. The quantitative estimate of drug-likeness (QED) is 0.260. The molecule has 14 heteroatoms. The van der Waals surface area contributed by atoms with Crippen molar-refractivity contribution < 1.29 is 18.8 Å². The van der Waals surface area contributed by atoms with Gasteiger partial charge in [-0.1, -0.05) is 17.3 Å². The number of carbonyl (C=O) groups excluding carboxylic acids is 1. The molecule has 0 saturated carbocycles. The summed E-state index contributed by atoms with van der Waals surface area (Å²) in [6.07, 6.45) is 1.28. The highest BCUT2D eigenvalue weighted by atomic mass is 16.6. The molecule has 3 aromatic heterocycles. The normalized spacial score (nSPS) is 11.1. The summed E-state index contributed by atoms with van der Waals surface area (Å²) in [4.78, 5) is 22.7. The standard InChI is InChI=1S/C17H13N9O5/c1-9-14(20-24-25(9)16-15(18)22-31-23-16)17(27)21-19-8-12-5-6-13(30-12)10-3-2-4-11(7-10)26(28)29/h2-8H,1H3,(H2,18,22)(H,21,27)/b19-8+. The number of furan rings is 1. The van der Waals surface area contributed by atoms with Crippen molar-refractivity contribution in [2.24, 2.45) is 5.10 Å². The number of non-ortho nitro benzene ring substituents is 1. The number of hydrazone groups is 1. The van der Waals surface area contributed by atoms with Crippen LogP contribution < -0.4 is 11.2 Å². The third-order valence-corrected chi connectivity index (χ3v) is 4.13. The Morgan fingerprint density at radius 2 is 2.16 bits per heavy atom. The molecule has 156 valence electrons. The van der Waals surface area contributed by atoms with Crippen LogP contribution in [0.2, 0.25) is 0 Å². The van der Waals surface area contributed by atoms with Crippen LogP contribution in [0.4, 0.5) is 11.5 Å². The maximum Gasteiger partial charge on any atom is 0.293 e. The Balaban J connectivity index is 1.45. The first-order valence-electron chi connectivity index (χ1n) is 8.63. The van der Waals surface area contributed by atoms with Crippen LogP contribution in [0, 0.1) is 17.0 Å². The van der Waals surface area contributed by atoms with E-state index in [4.69, 9.17) is 10.2 Å². The number of nitro benzene ring substituents is 1. The molecule has 4 rings (SSSR count). The van der Waals surface area contributed by atoms with Crippen LogP contribution in [0.1, 0.15) is 21.9 Å². The van der Waals surface area contributed by atoms with Gasteiger partial charge in [0.2, 0.25) is 11.6 Å². The summed E-state index contributed by atoms with van der Waals surface area (Å²) in [5.74, 6) is 0.213. The summed E-state index contributed by atoms with van der Waals surface area (Å²) in [6, 6.07) is 9.25. The zero-order chi connectivity index (χ0) is 22.0. The highest BCUT2D eigenvalue weighted by Crippen LogP contribution is 2.25. The lowest BCUT2D eigenvalue weighted by atomic mass is 10.1. The number of rotatable bonds is 6. The molecule has 1 aromatic carbocycles. The summed E-state index contributed by atoms with van der Waals surface area (Å²) < 4.78 is 11.3. The van der Waals surface area contributed by atoms with Crippen molar-refractivity contribution >= 4 is 23.6 Å². The minimum Gasteiger partial charge on any atom is -0.455 e. The topological polar surface area (TPSA) is 193 Å². The Morgan fingerprint density at radius 1 is 1.32 bits per heavy atom. The molecule has 14 nitrogen and oxygen atoms in total. The Hall–Kier alpha value is -4.88. The van der Waals surface area contributed by atoms with Gasteiger partial charge in [-0.15, -0.1) is 5.10 Å². The molecular weight excluding hydrogens is 410 g/mol. The van der Waals surface area contributed by atoms with Crippen molar-refractivity contribution in [1.82, 2.24) is 30.7 Å². The van der Waals surface area contributed by atoms with E-state index in [1.807, 2.05) is 0 Å². The Labute approximate surface area is 172 Å². The zero-order valence-corrected chi connectivity index (χ0v) is 15.8. The van der Waals surface area contributed by atoms with Crippen LogP contribution in [0.25, 0.3) is 17.1 Å². The number of nitrogens with one attached hydrogen (secondary N) is 1. The lowest BCUT2D eigenvalue weighted by molar-refractivity contribution is -0.384. The van der Waals surface area contributed by atoms with Gasteiger partial charge in [0.1, 0.15) is 11.5 Å². The van der Waals surface area contributed by atoms with Gasteiger partial charge in [-0.2, -0.15) is 9.78 Å². The molecule has 0 radical (unpaired) electrons. The number of hydrogen-bond acceptors (Lipinski definition) is 11. The first-order valence-corrected chi connectivity index (χ1v) is 8.63. The third-order valence-electron chi connectivity index (χ3n) is 4.13. The van der Waals surface area contributed by atoms with Crippen molar-refractivity contribution in [3.63, 3.8) is 0 Å². The SMILES string of the molecule is Cc1c(C(=O)N/N=C/c2ccc(-c3cccc([N+](=O)[O-])c3)o2)nnn1-c1nonc1N. The molecular formula is C17H13N9O5. The van der Waals surface area contributed by atoms with Crippen molar-refractivity contribution in [1.29, 1.82) is 0 Å². The van der Waals surface area contributed by atoms with Gasteiger partial charge in [0.05, 0.1) is 16.8 Å². The average Bonchev–Trinajstić information content (AvgIpc) is 3.48. The Kier molecular flexibility index (Phi) is 4.93. The van der Waals surface area contributed by atoms with Gasteiger partial charge in [0, 0.05) is 17.7 Å². The van der Waals surface area contributed by atoms with E-state index >= 15 is 0 Å². The minimum atomic E-state index is -0.625. The molecule has 0 aliphatic carbocycles. The van der Waals surface area contributed by atoms with Gasteiger partial charge in [-0.05, 0) is 29.4 Å². The predicted octanol–water partition coefficient (Wildman–Crippen LogP) is 1.47. The third kappa shape index (κ3) is 3.84. The number of benzene rings is 1. The summed E-state index contributed by atoms with van der Waals surface area (Å²) >= 11 is 0. The number of hydrogen-bond donors (Lipinski definition) is 2. The van der Waals surface area contributed by atoms with Gasteiger partial charge in [0.15, 0.2) is 5.69 Å². The lowest BCUT2D eigenvalue weighted by Gasteiger charge is -1.99. The van der Waals surface area contributed by atoms with E-state index in [0.717, 1.165) is 0 Å². The van der Waals surface area contributed by atoms with Crippen LogP contribution in [0.3, 0.4) is 0 Å². The number of nitrogens with zero attached hydrogens (tertiary/aromatic N) is 7. The largest absolute Gasteiger partial charge is 0.455 e. The molecule has 4 aromatic rings. The van der Waals surface area contributed by atoms with Crippen molar-refractivity contribution in [2.75, 3.05) is 5.73 Å². The highest BCUT2D eigenvalue weighted by molar-refractivity contribution is 5.94. The summed E-state index contributed by atoms with van der Waals surface area (Å²) in [5, 5.41) is 29.4. The second-order valence-corrected chi connectivity index (χ2v) is 6.12. The molecule has 1 amide bonds. The first kappa shape index (κ1) is 19.4. The monoisotopic (exact) mass is 423 g/mol. The van der Waals surface area contributed by atoms with Crippen LogP contribution in [-0.2, 0) is 0 Å². The van der Waals surface area contributed by atoms with Crippen LogP contribution in [0.15, 0.2) is 50.5 Å². The van der Waals surface area contributed by atoms with Gasteiger partial charge in [0.25, 0.3) is 11.6 Å². The molecule has 0 bridgehead atoms. The van der Waals surface area contributed by atoms with Crippen LogP contribution in [-0.4, -0.2) is 42.4 Å². The number of aromatic nitrogens is 5. The smallest absolute Gasteiger partial charge is 0.293 e. The summed E-state index contributed by atoms with van der Waals surface area (Å²) in [7, 11) is 0. The molecule has 3 heterocycles. The number of nitro groups is 1. The second-order valence-electron chi connectivity index (χ2n) is 6.12. The molecule has 31 heavy (non-hydrogen) atoms. The minimum absolute atomic E-state index is 0.00345. The van der Waals surface area contributed by atoms with Crippen LogP contribution in [0.5, 0.6) is 0 Å². The number of anilines is 1. The molecule has 0 aliphatic rings. The van der Waals surface area contributed by atoms with Crippen LogP contribution >= 0.6 is 0 Å². The predicted molar refractivity (Wildman–Crippen MR) is 104 cm³/mol. The number of nitrogen functional groups attached to an aromatic ring is 1. The molecule has 0 unspecified atom stereocenters. The first-order chi connectivity index (χ1) is 14.9. The van der Waals surface area contributed by atoms with Gasteiger partial charge in [-0.25, -0.2) is 10.1 Å². The molecule has 3 N–H and O–H groups in total. The van der Waals surface area contributed by atoms with Gasteiger partial charge < -0.3 is 10.2 Å². The molecule has 0 aliphatic heterocycles. The van der Waals surface area contributed by atoms with E-state index in [-0.39, 0.29) is 23.0 Å². The van der Waals surface area contributed by atoms with Crippen molar-refractivity contribution in [3.8, 4) is 17.1 Å². The van der Waals surface area contributed by atoms with Crippen molar-refractivity contribution in [2.45, 2.75) is 6.92 Å². The van der Waals surface area contributed by atoms with E-state index in [1.165, 1.54) is 23.0 Å². The molecule has 0 fully saturated rings. The van der Waals surface area contributed by atoms with E-state index < -0.39 is 10.8 Å². The number of amides is 1.